The molecule has 1 N–H and O–H groups in total. The number of aromatic nitrogens is 5. The average molecular weight is 539 g/mol. The lowest BCUT2D eigenvalue weighted by molar-refractivity contribution is 0.391. The molecule has 5 rings (SSSR count). The molecule has 0 radical (unpaired) electrons. The van der Waals surface area contributed by atoms with Crippen molar-refractivity contribution in [3.8, 4) is 22.8 Å². The normalized spacial score (nSPS) is 11.0. The van der Waals surface area contributed by atoms with Crippen LogP contribution in [0.15, 0.2) is 67.4 Å². The molecule has 5 aromatic rings. The summed E-state index contributed by atoms with van der Waals surface area (Å²) in [6, 6.07) is 14.6. The van der Waals surface area contributed by atoms with Crippen molar-refractivity contribution in [2.75, 3.05) is 19.5 Å². The number of nitrogens with one attached hydrogen (secondary N) is 1. The molecule has 3 aromatic heterocycles. The van der Waals surface area contributed by atoms with Crippen LogP contribution in [0.2, 0.25) is 0 Å². The maximum atomic E-state index is 15.2. The molecule has 9 heteroatoms. The minimum absolute atomic E-state index is 0.366. The summed E-state index contributed by atoms with van der Waals surface area (Å²) in [7, 11) is 3.22. The van der Waals surface area contributed by atoms with E-state index in [9.17, 15) is 0 Å². The Labute approximate surface area is 232 Å². The summed E-state index contributed by atoms with van der Waals surface area (Å²) in [6.45, 7) is 8.08. The van der Waals surface area contributed by atoms with Crippen molar-refractivity contribution in [1.82, 2.24) is 24.6 Å². The van der Waals surface area contributed by atoms with Gasteiger partial charge in [0.25, 0.3) is 0 Å². The fourth-order valence-corrected chi connectivity index (χ4v) is 4.61. The maximum absolute atomic E-state index is 15.2. The van der Waals surface area contributed by atoms with Crippen molar-refractivity contribution in [3.05, 3.63) is 107 Å². The minimum Gasteiger partial charge on any atom is -0.497 e. The highest BCUT2D eigenvalue weighted by Crippen LogP contribution is 2.31. The number of rotatable bonds is 10. The van der Waals surface area contributed by atoms with E-state index in [4.69, 9.17) is 24.5 Å². The van der Waals surface area contributed by atoms with Gasteiger partial charge in [0.05, 0.1) is 37.7 Å². The third-order valence-corrected chi connectivity index (χ3v) is 6.80. The van der Waals surface area contributed by atoms with E-state index in [2.05, 4.69) is 16.9 Å². The van der Waals surface area contributed by atoms with Crippen LogP contribution in [0.25, 0.3) is 16.9 Å². The van der Waals surface area contributed by atoms with Gasteiger partial charge < -0.3 is 14.8 Å². The SMILES string of the molecule is C=CCc1ccc(F)c(-c2nc(NCc3ccc(OC)cc3OC)c3nc(Cc4ncccc4C)nn3c2C)c1. The lowest BCUT2D eigenvalue weighted by Crippen LogP contribution is -2.09. The highest BCUT2D eigenvalue weighted by molar-refractivity contribution is 5.72. The Morgan fingerprint density at radius 2 is 1.90 bits per heavy atom. The van der Waals surface area contributed by atoms with Crippen LogP contribution in [0.5, 0.6) is 11.5 Å². The Kier molecular flexibility index (Phi) is 7.72. The van der Waals surface area contributed by atoms with Gasteiger partial charge in [-0.15, -0.1) is 6.58 Å². The number of anilines is 1. The predicted octanol–water partition coefficient (Wildman–Crippen LogP) is 5.89. The number of methoxy groups -OCH3 is 2. The molecule has 0 aliphatic heterocycles. The maximum Gasteiger partial charge on any atom is 0.198 e. The van der Waals surface area contributed by atoms with Crippen LogP contribution in [-0.4, -0.2) is 38.8 Å². The number of ether oxygens (including phenoxy) is 2. The van der Waals surface area contributed by atoms with Crippen LogP contribution >= 0.6 is 0 Å². The summed E-state index contributed by atoms with van der Waals surface area (Å²) in [5, 5.41) is 8.19. The zero-order chi connectivity index (χ0) is 28.2. The molecule has 0 bridgehead atoms. The highest BCUT2D eigenvalue weighted by Gasteiger charge is 2.20. The zero-order valence-electron chi connectivity index (χ0n) is 23.0. The first-order valence-corrected chi connectivity index (χ1v) is 12.9. The molecule has 0 aliphatic rings. The molecule has 0 saturated heterocycles. The van der Waals surface area contributed by atoms with Crippen LogP contribution in [0.4, 0.5) is 10.2 Å². The fraction of sp³-hybridized carbons (Fsp3) is 0.226. The Morgan fingerprint density at radius 3 is 2.65 bits per heavy atom. The average Bonchev–Trinajstić information content (AvgIpc) is 3.40. The van der Waals surface area contributed by atoms with Gasteiger partial charge in [0.2, 0.25) is 0 Å². The molecule has 0 atom stereocenters. The van der Waals surface area contributed by atoms with E-state index in [1.165, 1.54) is 6.07 Å². The largest absolute Gasteiger partial charge is 0.497 e. The van der Waals surface area contributed by atoms with Crippen molar-refractivity contribution < 1.29 is 13.9 Å². The molecule has 3 heterocycles. The molecule has 0 unspecified atom stereocenters. The van der Waals surface area contributed by atoms with Gasteiger partial charge in [0.15, 0.2) is 17.3 Å². The van der Waals surface area contributed by atoms with E-state index in [0.717, 1.165) is 22.4 Å². The standard InChI is InChI=1S/C31H31FN6O2/c1-6-8-21-10-13-25(32)24(15-21)29-20(3)38-31(35-28(37-38)17-26-19(2)9-7-14-33-26)30(36-29)34-18-22-11-12-23(39-4)16-27(22)40-5/h6-7,9-16H,1,8,17-18H2,2-5H3,(H,34,36). The lowest BCUT2D eigenvalue weighted by Gasteiger charge is -2.15. The minimum atomic E-state index is -0.366. The lowest BCUT2D eigenvalue weighted by atomic mass is 10.0. The molecular weight excluding hydrogens is 507 g/mol. The molecule has 0 saturated carbocycles. The van der Waals surface area contributed by atoms with Crippen molar-refractivity contribution in [1.29, 1.82) is 0 Å². The van der Waals surface area contributed by atoms with Gasteiger partial charge in [-0.2, -0.15) is 5.10 Å². The van der Waals surface area contributed by atoms with Crippen molar-refractivity contribution in [2.24, 2.45) is 0 Å². The van der Waals surface area contributed by atoms with E-state index in [-0.39, 0.29) is 5.82 Å². The van der Waals surface area contributed by atoms with Gasteiger partial charge in [-0.05, 0) is 61.7 Å². The van der Waals surface area contributed by atoms with Crippen LogP contribution in [0.1, 0.15) is 33.9 Å². The quantitative estimate of drug-likeness (QED) is 0.222. The number of halogens is 1. The van der Waals surface area contributed by atoms with Crippen LogP contribution in [0, 0.1) is 19.7 Å². The van der Waals surface area contributed by atoms with Crippen molar-refractivity contribution in [2.45, 2.75) is 33.2 Å². The number of benzene rings is 2. The number of nitrogens with zero attached hydrogens (tertiary/aromatic N) is 5. The molecule has 204 valence electrons. The fourth-order valence-electron chi connectivity index (χ4n) is 4.61. The second kappa shape index (κ2) is 11.5. The summed E-state index contributed by atoms with van der Waals surface area (Å²) in [6.07, 6.45) is 4.63. The van der Waals surface area contributed by atoms with E-state index >= 15 is 4.39 Å². The first kappa shape index (κ1) is 26.8. The number of aryl methyl sites for hydroxylation is 2. The summed E-state index contributed by atoms with van der Waals surface area (Å²) in [5.74, 6) is 2.07. The Balaban J connectivity index is 1.62. The van der Waals surface area contributed by atoms with Gasteiger partial charge in [-0.1, -0.05) is 18.2 Å². The molecule has 0 spiro atoms. The molecule has 0 aliphatic carbocycles. The van der Waals surface area contributed by atoms with E-state index in [0.29, 0.717) is 65.1 Å². The van der Waals surface area contributed by atoms with Gasteiger partial charge in [0.1, 0.15) is 17.3 Å². The van der Waals surface area contributed by atoms with Crippen molar-refractivity contribution in [3.63, 3.8) is 0 Å². The smallest absolute Gasteiger partial charge is 0.198 e. The summed E-state index contributed by atoms with van der Waals surface area (Å²) < 4.78 is 27.8. The highest BCUT2D eigenvalue weighted by atomic mass is 19.1. The number of pyridine rings is 1. The second-order valence-electron chi connectivity index (χ2n) is 9.44. The monoisotopic (exact) mass is 538 g/mol. The van der Waals surface area contributed by atoms with Gasteiger partial charge in [-0.3, -0.25) is 4.98 Å². The molecule has 0 amide bonds. The Bertz CT molecular complexity index is 1700. The van der Waals surface area contributed by atoms with Crippen LogP contribution in [-0.2, 0) is 19.4 Å². The molecule has 0 fully saturated rings. The van der Waals surface area contributed by atoms with E-state index in [1.54, 1.807) is 37.1 Å². The predicted molar refractivity (Wildman–Crippen MR) is 153 cm³/mol. The Hall–Kier alpha value is -4.79. The summed E-state index contributed by atoms with van der Waals surface area (Å²) in [4.78, 5) is 14.2. The molecular formula is C31H31FN6O2. The van der Waals surface area contributed by atoms with Gasteiger partial charge in [-0.25, -0.2) is 18.9 Å². The van der Waals surface area contributed by atoms with E-state index in [1.807, 2.05) is 50.2 Å². The third kappa shape index (κ3) is 5.36. The first-order chi connectivity index (χ1) is 19.4. The first-order valence-electron chi connectivity index (χ1n) is 12.9. The number of hydrogen-bond donors (Lipinski definition) is 1. The Morgan fingerprint density at radius 1 is 1.05 bits per heavy atom. The number of fused-ring (bicyclic) bond motifs is 1. The number of allylic oxidation sites excluding steroid dienone is 1. The van der Waals surface area contributed by atoms with Crippen molar-refractivity contribution >= 4 is 11.5 Å². The van der Waals surface area contributed by atoms with E-state index < -0.39 is 0 Å². The van der Waals surface area contributed by atoms with Crippen LogP contribution in [0.3, 0.4) is 0 Å². The number of hydrogen-bond acceptors (Lipinski definition) is 7. The zero-order valence-corrected chi connectivity index (χ0v) is 23.0. The topological polar surface area (TPSA) is 86.5 Å². The van der Waals surface area contributed by atoms with Crippen LogP contribution < -0.4 is 14.8 Å². The molecule has 8 nitrogen and oxygen atoms in total. The molecule has 40 heavy (non-hydrogen) atoms. The third-order valence-electron chi connectivity index (χ3n) is 6.80. The summed E-state index contributed by atoms with van der Waals surface area (Å²) >= 11 is 0. The van der Waals surface area contributed by atoms with Gasteiger partial charge >= 0.3 is 0 Å². The van der Waals surface area contributed by atoms with Gasteiger partial charge in [0, 0.05) is 29.9 Å². The second-order valence-corrected chi connectivity index (χ2v) is 9.44. The summed E-state index contributed by atoms with van der Waals surface area (Å²) in [5.41, 5.74) is 5.87. The molecule has 2 aromatic carbocycles.